The van der Waals surface area contributed by atoms with Gasteiger partial charge in [0.1, 0.15) is 17.0 Å². The molecule has 3 aromatic rings. The van der Waals surface area contributed by atoms with Gasteiger partial charge in [-0.1, -0.05) is 6.92 Å². The molecular weight excluding hydrogens is 326 g/mol. The summed E-state index contributed by atoms with van der Waals surface area (Å²) in [6.45, 7) is 6.89. The number of H-pyrrole nitrogens is 1. The number of hydrogen-bond acceptors (Lipinski definition) is 5. The second-order valence-electron chi connectivity index (χ2n) is 7.53. The minimum absolute atomic E-state index is 0.324. The fourth-order valence-corrected chi connectivity index (χ4v) is 4.03. The number of aromatic amines is 1. The molecule has 0 bridgehead atoms. The average molecular weight is 349 g/mol. The first-order chi connectivity index (χ1) is 12.7. The lowest BCUT2D eigenvalue weighted by atomic mass is 10.0. The van der Waals surface area contributed by atoms with Gasteiger partial charge in [-0.25, -0.2) is 4.98 Å². The Kier molecular flexibility index (Phi) is 3.67. The number of hydrogen-bond donors (Lipinski definition) is 1. The summed E-state index contributed by atoms with van der Waals surface area (Å²) >= 11 is 0. The van der Waals surface area contributed by atoms with Crippen molar-refractivity contribution >= 4 is 16.7 Å². The Bertz CT molecular complexity index is 939. The average Bonchev–Trinajstić information content (AvgIpc) is 3.15. The Labute approximate surface area is 152 Å². The third-order valence-electron chi connectivity index (χ3n) is 5.67. The predicted octanol–water partition coefficient (Wildman–Crippen LogP) is 3.37. The third-order valence-corrected chi connectivity index (χ3v) is 5.67. The second-order valence-corrected chi connectivity index (χ2v) is 7.53. The smallest absolute Gasteiger partial charge is 0.130 e. The molecule has 26 heavy (non-hydrogen) atoms. The van der Waals surface area contributed by atoms with Crippen LogP contribution in [0.2, 0.25) is 0 Å². The topological polar surface area (TPSA) is 66.9 Å². The van der Waals surface area contributed by atoms with Crippen molar-refractivity contribution in [1.82, 2.24) is 20.2 Å². The highest BCUT2D eigenvalue weighted by molar-refractivity contribution is 5.94. The summed E-state index contributed by atoms with van der Waals surface area (Å²) in [4.78, 5) is 12.0. The zero-order valence-corrected chi connectivity index (χ0v) is 15.1. The summed E-state index contributed by atoms with van der Waals surface area (Å²) in [5.41, 5.74) is 4.14. The molecule has 1 aliphatic heterocycles. The van der Waals surface area contributed by atoms with Crippen LogP contribution in [-0.4, -0.2) is 46.0 Å². The molecule has 3 atom stereocenters. The maximum absolute atomic E-state index is 5.62. The number of aromatic nitrogens is 4. The first-order valence-corrected chi connectivity index (χ1v) is 9.36. The lowest BCUT2D eigenvalue weighted by molar-refractivity contribution is 0.0985. The molecule has 2 fully saturated rings. The molecule has 1 saturated heterocycles. The number of ether oxygens (including phenoxy) is 1. The quantitative estimate of drug-likeness (QED) is 0.785. The molecular formula is C20H23N5O. The standard InChI is InChI=1S/C20H23N5O/c1-12-9-15(12)16-10-18(25-7-8-26-11-13(25)2)23-19-14(16)3-5-21-20(19)17-4-6-22-24-17/h3-6,10,12-13,15H,7-9,11H2,1-2H3,(H,22,24)/t12-,13-,15-/m1/s1. The first-order valence-electron chi connectivity index (χ1n) is 9.36. The van der Waals surface area contributed by atoms with Gasteiger partial charge in [-0.3, -0.25) is 10.1 Å². The number of fused-ring (bicyclic) bond motifs is 1. The number of anilines is 1. The van der Waals surface area contributed by atoms with E-state index >= 15 is 0 Å². The van der Waals surface area contributed by atoms with E-state index in [2.05, 4.69) is 46.1 Å². The predicted molar refractivity (Wildman–Crippen MR) is 101 cm³/mol. The summed E-state index contributed by atoms with van der Waals surface area (Å²) < 4.78 is 5.62. The lowest BCUT2D eigenvalue weighted by Gasteiger charge is -2.34. The summed E-state index contributed by atoms with van der Waals surface area (Å²) in [5.74, 6) is 2.39. The molecule has 6 heteroatoms. The van der Waals surface area contributed by atoms with Crippen LogP contribution in [-0.2, 0) is 4.74 Å². The van der Waals surface area contributed by atoms with Gasteiger partial charge < -0.3 is 9.64 Å². The summed E-state index contributed by atoms with van der Waals surface area (Å²) in [6.07, 6.45) is 4.89. The number of nitrogens with zero attached hydrogens (tertiary/aromatic N) is 4. The highest BCUT2D eigenvalue weighted by atomic mass is 16.5. The summed E-state index contributed by atoms with van der Waals surface area (Å²) in [6, 6.07) is 6.68. The van der Waals surface area contributed by atoms with Gasteiger partial charge in [-0.2, -0.15) is 5.10 Å². The van der Waals surface area contributed by atoms with E-state index in [0.29, 0.717) is 12.0 Å². The van der Waals surface area contributed by atoms with Crippen LogP contribution in [0.1, 0.15) is 31.7 Å². The van der Waals surface area contributed by atoms with Crippen LogP contribution in [0, 0.1) is 5.92 Å². The SMILES string of the molecule is C[C@@H]1C[C@H]1c1cc(N2CCOC[C@H]2C)nc2c(-c3ccn[nH]3)nccc12. The molecule has 3 aromatic heterocycles. The molecule has 1 saturated carbocycles. The van der Waals surface area contributed by atoms with Crippen molar-refractivity contribution < 1.29 is 4.74 Å². The van der Waals surface area contributed by atoms with Gasteiger partial charge in [0.05, 0.1) is 24.9 Å². The van der Waals surface area contributed by atoms with Gasteiger partial charge in [0.15, 0.2) is 0 Å². The molecule has 6 nitrogen and oxygen atoms in total. The normalized spacial score (nSPS) is 25.6. The zero-order valence-electron chi connectivity index (χ0n) is 15.1. The Morgan fingerprint density at radius 3 is 2.85 bits per heavy atom. The molecule has 1 aliphatic carbocycles. The Balaban J connectivity index is 1.72. The Hall–Kier alpha value is -2.47. The fourth-order valence-electron chi connectivity index (χ4n) is 4.03. The van der Waals surface area contributed by atoms with Crippen LogP contribution in [0.3, 0.4) is 0 Å². The van der Waals surface area contributed by atoms with Gasteiger partial charge in [0.25, 0.3) is 0 Å². The van der Waals surface area contributed by atoms with E-state index in [0.717, 1.165) is 48.4 Å². The van der Waals surface area contributed by atoms with Crippen LogP contribution in [0.15, 0.2) is 30.6 Å². The first kappa shape index (κ1) is 15.8. The van der Waals surface area contributed by atoms with E-state index in [1.54, 1.807) is 6.20 Å². The number of nitrogens with one attached hydrogen (secondary N) is 1. The second kappa shape index (κ2) is 6.06. The maximum Gasteiger partial charge on any atom is 0.130 e. The van der Waals surface area contributed by atoms with E-state index in [9.17, 15) is 0 Å². The number of rotatable bonds is 3. The number of morpholine rings is 1. The lowest BCUT2D eigenvalue weighted by Crippen LogP contribution is -2.44. The molecule has 0 unspecified atom stereocenters. The van der Waals surface area contributed by atoms with Crippen molar-refractivity contribution in [1.29, 1.82) is 0 Å². The van der Waals surface area contributed by atoms with Crippen molar-refractivity contribution in [3.05, 3.63) is 36.2 Å². The fraction of sp³-hybridized carbons (Fsp3) is 0.450. The Morgan fingerprint density at radius 1 is 1.23 bits per heavy atom. The molecule has 0 radical (unpaired) electrons. The van der Waals surface area contributed by atoms with Crippen molar-refractivity contribution in [2.75, 3.05) is 24.7 Å². The molecule has 4 heterocycles. The summed E-state index contributed by atoms with van der Waals surface area (Å²) in [7, 11) is 0. The highest BCUT2D eigenvalue weighted by Crippen LogP contribution is 2.50. The molecule has 0 aromatic carbocycles. The maximum atomic E-state index is 5.62. The molecule has 1 N–H and O–H groups in total. The van der Waals surface area contributed by atoms with E-state index in [1.165, 1.54) is 17.4 Å². The van der Waals surface area contributed by atoms with Gasteiger partial charge in [-0.05, 0) is 48.9 Å². The van der Waals surface area contributed by atoms with Crippen molar-refractivity contribution in [3.63, 3.8) is 0 Å². The van der Waals surface area contributed by atoms with E-state index < -0.39 is 0 Å². The van der Waals surface area contributed by atoms with Gasteiger partial charge >= 0.3 is 0 Å². The van der Waals surface area contributed by atoms with Crippen molar-refractivity contribution in [2.45, 2.75) is 32.2 Å². The van der Waals surface area contributed by atoms with Crippen molar-refractivity contribution in [3.8, 4) is 11.4 Å². The van der Waals surface area contributed by atoms with Gasteiger partial charge in [0, 0.05) is 24.3 Å². The van der Waals surface area contributed by atoms with Crippen LogP contribution in [0.5, 0.6) is 0 Å². The van der Waals surface area contributed by atoms with Crippen LogP contribution in [0.25, 0.3) is 22.3 Å². The molecule has 2 aliphatic rings. The van der Waals surface area contributed by atoms with E-state index in [4.69, 9.17) is 9.72 Å². The van der Waals surface area contributed by atoms with Crippen LogP contribution < -0.4 is 4.90 Å². The van der Waals surface area contributed by atoms with Gasteiger partial charge in [-0.15, -0.1) is 0 Å². The summed E-state index contributed by atoms with van der Waals surface area (Å²) in [5, 5.41) is 8.34. The molecule has 134 valence electrons. The highest BCUT2D eigenvalue weighted by Gasteiger charge is 2.36. The van der Waals surface area contributed by atoms with Crippen LogP contribution >= 0.6 is 0 Å². The molecule has 0 spiro atoms. The minimum Gasteiger partial charge on any atom is -0.377 e. The number of pyridine rings is 2. The third kappa shape index (κ3) is 2.56. The van der Waals surface area contributed by atoms with Crippen molar-refractivity contribution in [2.24, 2.45) is 5.92 Å². The monoisotopic (exact) mass is 349 g/mol. The van der Waals surface area contributed by atoms with E-state index in [-0.39, 0.29) is 0 Å². The molecule has 0 amide bonds. The van der Waals surface area contributed by atoms with E-state index in [1.807, 2.05) is 12.3 Å². The minimum atomic E-state index is 0.324. The zero-order chi connectivity index (χ0) is 17.7. The Morgan fingerprint density at radius 2 is 2.12 bits per heavy atom. The van der Waals surface area contributed by atoms with Gasteiger partial charge in [0.2, 0.25) is 0 Å². The van der Waals surface area contributed by atoms with Crippen LogP contribution in [0.4, 0.5) is 5.82 Å². The largest absolute Gasteiger partial charge is 0.377 e. The molecule has 5 rings (SSSR count).